The fourth-order valence-electron chi connectivity index (χ4n) is 11.0. The number of nitrogens with one attached hydrogen (secondary N) is 1. The van der Waals surface area contributed by atoms with Crippen LogP contribution >= 0.6 is 0 Å². The highest BCUT2D eigenvalue weighted by Crippen LogP contribution is 2.26. The zero-order chi connectivity index (χ0) is 63.1. The first-order valence-electron chi connectivity index (χ1n) is 36.4. The van der Waals surface area contributed by atoms with Gasteiger partial charge in [-0.15, -0.1) is 0 Å². The Bertz CT molecular complexity index is 1740. The summed E-state index contributed by atoms with van der Waals surface area (Å²) in [4.78, 5) is 26.7. The maximum atomic E-state index is 13.5. The average Bonchev–Trinajstić information content (AvgIpc) is 1.30. The van der Waals surface area contributed by atoms with Crippen molar-refractivity contribution in [1.29, 1.82) is 0 Å². The number of carbonyl (C=O) groups excluding carboxylic acids is 2. The second-order valence-corrected chi connectivity index (χ2v) is 25.0. The van der Waals surface area contributed by atoms with Crippen LogP contribution in [0.25, 0.3) is 0 Å². The van der Waals surface area contributed by atoms with Crippen molar-refractivity contribution in [2.24, 2.45) is 0 Å². The monoisotopic (exact) mass is 1220 g/mol. The van der Waals surface area contributed by atoms with E-state index < -0.39 is 67.4 Å². The smallest absolute Gasteiger partial charge is 0.306 e. The number of aliphatic hydroxyl groups excluding tert-OH is 5. The van der Waals surface area contributed by atoms with Gasteiger partial charge in [-0.3, -0.25) is 9.59 Å². The van der Waals surface area contributed by atoms with Crippen molar-refractivity contribution < 1.29 is 49.3 Å². The van der Waals surface area contributed by atoms with E-state index in [1.807, 2.05) is 6.08 Å². The molecule has 0 radical (unpaired) electrons. The van der Waals surface area contributed by atoms with Gasteiger partial charge in [0.1, 0.15) is 24.4 Å². The first-order chi connectivity index (χ1) is 42.7. The molecule has 1 aliphatic rings. The number of allylic oxidation sites excluding steroid dienone is 13. The summed E-state index contributed by atoms with van der Waals surface area (Å²) in [5.74, 6) is -1.20. The molecule has 0 saturated carbocycles. The van der Waals surface area contributed by atoms with Gasteiger partial charge in [0, 0.05) is 6.42 Å². The summed E-state index contributed by atoms with van der Waals surface area (Å²) in [5.41, 5.74) is 0. The summed E-state index contributed by atoms with van der Waals surface area (Å²) >= 11 is 0. The zero-order valence-corrected chi connectivity index (χ0v) is 56.1. The Labute approximate surface area is 533 Å². The van der Waals surface area contributed by atoms with Crippen molar-refractivity contribution in [3.8, 4) is 0 Å². The van der Waals surface area contributed by atoms with Gasteiger partial charge >= 0.3 is 5.97 Å². The highest BCUT2D eigenvalue weighted by Gasteiger charge is 2.47. The predicted molar refractivity (Wildman–Crippen MR) is 366 cm³/mol. The van der Waals surface area contributed by atoms with E-state index in [0.29, 0.717) is 12.8 Å². The minimum absolute atomic E-state index is 0.119. The van der Waals surface area contributed by atoms with Crippen LogP contribution in [0.15, 0.2) is 85.1 Å². The van der Waals surface area contributed by atoms with Crippen LogP contribution in [0, 0.1) is 0 Å². The van der Waals surface area contributed by atoms with Gasteiger partial charge in [0.05, 0.1) is 25.4 Å². The van der Waals surface area contributed by atoms with E-state index >= 15 is 0 Å². The van der Waals surface area contributed by atoms with Crippen molar-refractivity contribution in [2.75, 3.05) is 13.2 Å². The lowest BCUT2D eigenvalue weighted by Crippen LogP contribution is -2.61. The lowest BCUT2D eigenvalue weighted by atomic mass is 9.99. The third-order valence-corrected chi connectivity index (χ3v) is 16.8. The van der Waals surface area contributed by atoms with Crippen LogP contribution in [-0.2, 0) is 23.8 Å². The topological polar surface area (TPSA) is 175 Å². The van der Waals surface area contributed by atoms with Gasteiger partial charge in [-0.25, -0.2) is 0 Å². The third-order valence-electron chi connectivity index (χ3n) is 16.8. The molecule has 0 bridgehead atoms. The summed E-state index contributed by atoms with van der Waals surface area (Å²) in [5, 5.41) is 57.2. The van der Waals surface area contributed by atoms with Gasteiger partial charge in [0.2, 0.25) is 5.91 Å². The van der Waals surface area contributed by atoms with Gasteiger partial charge in [-0.2, -0.15) is 0 Å². The molecule has 8 unspecified atom stereocenters. The standard InChI is InChI=1S/C76H135NO10/c1-4-7-10-13-16-19-22-24-26-28-30-32-33-34-35-36-38-39-41-43-45-48-51-54-57-60-63-69(80)75(84)77-67(68(79)62-59-56-53-50-47-21-18-15-12-9-6-3)66-85-76-74(73(83)72(82)70(65-78)86-76)87-71(81)64-61-58-55-52-49-46-44-42-40-37-31-29-27-25-23-20-17-14-11-8-5-2/h16-17,19-20,24-27,30,32,34-35,59,62,67-70,72-74,76,78-80,82-83H,4-15,18,21-23,28-29,31,33,36-58,60-61,63-66H2,1-3H3,(H,77,84)/b19-16-,20-17-,26-24-,27-25-,32-30-,35-34-,62-59+. The first kappa shape index (κ1) is 81.9. The second-order valence-electron chi connectivity index (χ2n) is 25.0. The number of amides is 1. The molecule has 1 heterocycles. The Balaban J connectivity index is 2.54. The Morgan fingerprint density at radius 1 is 0.448 bits per heavy atom. The summed E-state index contributed by atoms with van der Waals surface area (Å²) in [6.07, 6.45) is 73.3. The van der Waals surface area contributed by atoms with Crippen LogP contribution in [0.1, 0.15) is 323 Å². The van der Waals surface area contributed by atoms with E-state index in [-0.39, 0.29) is 19.4 Å². The SMILES string of the molecule is CCCCC/C=C\C/C=C\C/C=C\C/C=C\CCCCCCCCCCCCC(O)C(=O)NC(COC1OC(CO)C(O)C(O)C1OC(=O)CCCCCCCCCCCCC/C=C\C/C=C\CCCCC)C(O)/C=C/CCCCCCCCCCC. The van der Waals surface area contributed by atoms with Crippen LogP contribution in [0.5, 0.6) is 0 Å². The van der Waals surface area contributed by atoms with Gasteiger partial charge < -0.3 is 45.1 Å². The van der Waals surface area contributed by atoms with Crippen LogP contribution in [-0.4, -0.2) is 99.6 Å². The van der Waals surface area contributed by atoms with Crippen molar-refractivity contribution in [3.05, 3.63) is 85.1 Å². The summed E-state index contributed by atoms with van der Waals surface area (Å²) in [6.45, 7) is 5.76. The molecule has 0 aromatic heterocycles. The number of aliphatic hydroxyl groups is 5. The Morgan fingerprint density at radius 3 is 1.21 bits per heavy atom. The van der Waals surface area contributed by atoms with E-state index in [1.54, 1.807) is 6.08 Å². The number of carbonyl (C=O) groups is 2. The molecule has 1 saturated heterocycles. The van der Waals surface area contributed by atoms with Crippen LogP contribution < -0.4 is 5.32 Å². The van der Waals surface area contributed by atoms with Crippen LogP contribution in [0.2, 0.25) is 0 Å². The van der Waals surface area contributed by atoms with Crippen molar-refractivity contribution in [1.82, 2.24) is 5.32 Å². The highest BCUT2D eigenvalue weighted by molar-refractivity contribution is 5.80. The molecule has 0 spiro atoms. The van der Waals surface area contributed by atoms with E-state index in [9.17, 15) is 35.1 Å². The minimum atomic E-state index is -1.62. The predicted octanol–water partition coefficient (Wildman–Crippen LogP) is 18.8. The molecular weight excluding hydrogens is 1090 g/mol. The fourth-order valence-corrected chi connectivity index (χ4v) is 11.0. The number of ether oxygens (including phenoxy) is 3. The molecule has 8 atom stereocenters. The normalized spacial score (nSPS) is 18.7. The number of esters is 1. The molecule has 1 amide bonds. The molecule has 11 nitrogen and oxygen atoms in total. The molecule has 1 fully saturated rings. The van der Waals surface area contributed by atoms with E-state index in [0.717, 1.165) is 89.9 Å². The summed E-state index contributed by atoms with van der Waals surface area (Å²) < 4.78 is 17.7. The molecule has 1 rings (SSSR count). The summed E-state index contributed by atoms with van der Waals surface area (Å²) in [7, 11) is 0. The lowest BCUT2D eigenvalue weighted by molar-refractivity contribution is -0.305. The number of rotatable bonds is 62. The molecule has 0 aromatic carbocycles. The Kier molecular flexibility index (Phi) is 59.3. The molecule has 87 heavy (non-hydrogen) atoms. The third kappa shape index (κ3) is 50.2. The second kappa shape index (κ2) is 63.0. The van der Waals surface area contributed by atoms with Crippen LogP contribution in [0.3, 0.4) is 0 Å². The molecule has 0 aromatic rings. The molecule has 11 heteroatoms. The highest BCUT2D eigenvalue weighted by atomic mass is 16.7. The maximum Gasteiger partial charge on any atom is 0.306 e. The molecule has 0 aliphatic carbocycles. The Hall–Kier alpha value is -3.16. The van der Waals surface area contributed by atoms with Gasteiger partial charge in [-0.1, -0.05) is 298 Å². The lowest BCUT2D eigenvalue weighted by Gasteiger charge is -2.41. The molecular formula is C76H135NO10. The van der Waals surface area contributed by atoms with Crippen LogP contribution in [0.4, 0.5) is 0 Å². The molecule has 504 valence electrons. The number of unbranched alkanes of at least 4 members (excludes halogenated alkanes) is 36. The van der Waals surface area contributed by atoms with E-state index in [1.165, 1.54) is 186 Å². The summed E-state index contributed by atoms with van der Waals surface area (Å²) in [6, 6.07) is -1.03. The van der Waals surface area contributed by atoms with E-state index in [4.69, 9.17) is 14.2 Å². The largest absolute Gasteiger partial charge is 0.454 e. The maximum absolute atomic E-state index is 13.5. The molecule has 1 aliphatic heterocycles. The van der Waals surface area contributed by atoms with Crippen molar-refractivity contribution in [2.45, 2.75) is 372 Å². The fraction of sp³-hybridized carbons (Fsp3) is 0.789. The quantitative estimate of drug-likeness (QED) is 0.0195. The first-order valence-corrected chi connectivity index (χ1v) is 36.4. The number of hydrogen-bond acceptors (Lipinski definition) is 10. The average molecular weight is 1220 g/mol. The van der Waals surface area contributed by atoms with Crippen molar-refractivity contribution >= 4 is 11.9 Å². The number of hydrogen-bond donors (Lipinski definition) is 6. The molecule has 6 N–H and O–H groups in total. The van der Waals surface area contributed by atoms with E-state index in [2.05, 4.69) is 99.0 Å². The van der Waals surface area contributed by atoms with Crippen molar-refractivity contribution in [3.63, 3.8) is 0 Å². The minimum Gasteiger partial charge on any atom is -0.454 e. The van der Waals surface area contributed by atoms with Gasteiger partial charge in [-0.05, 0) is 103 Å². The van der Waals surface area contributed by atoms with Gasteiger partial charge in [0.15, 0.2) is 12.4 Å². The zero-order valence-electron chi connectivity index (χ0n) is 56.1. The Morgan fingerprint density at radius 2 is 0.793 bits per heavy atom. The van der Waals surface area contributed by atoms with Gasteiger partial charge in [0.25, 0.3) is 0 Å².